The Balaban J connectivity index is 1.87. The third-order valence-corrected chi connectivity index (χ3v) is 4.12. The standard InChI is InChI=1S/C13H8Br3N3O5/c14-7-3-9(15)13(10(16)4-7)23-6-11(20)18-17-5-8-1-2-12(24-8)19(21)22/h1-5H,6H2,(H,18,20)/b17-5-. The van der Waals surface area contributed by atoms with Gasteiger partial charge in [-0.1, -0.05) is 15.9 Å². The maximum atomic E-state index is 11.7. The lowest BCUT2D eigenvalue weighted by Gasteiger charge is -2.09. The van der Waals surface area contributed by atoms with Crippen LogP contribution in [0.1, 0.15) is 5.76 Å². The van der Waals surface area contributed by atoms with Crippen LogP contribution in [0.15, 0.2) is 47.2 Å². The molecule has 0 aliphatic rings. The highest BCUT2D eigenvalue weighted by atomic mass is 79.9. The first-order valence-corrected chi connectivity index (χ1v) is 8.58. The van der Waals surface area contributed by atoms with Gasteiger partial charge in [-0.05, 0) is 50.1 Å². The number of hydrazone groups is 1. The SMILES string of the molecule is O=C(COc1c(Br)cc(Br)cc1Br)N/N=C\c1ccc([N+](=O)[O-])o1. The first-order valence-electron chi connectivity index (χ1n) is 6.20. The molecular weight excluding hydrogens is 518 g/mol. The van der Waals surface area contributed by atoms with Gasteiger partial charge in [0.25, 0.3) is 5.91 Å². The zero-order valence-electron chi connectivity index (χ0n) is 11.7. The summed E-state index contributed by atoms with van der Waals surface area (Å²) in [5.74, 6) is -0.301. The third kappa shape index (κ3) is 5.14. The molecule has 1 amide bonds. The van der Waals surface area contributed by atoms with Gasteiger partial charge in [-0.15, -0.1) is 0 Å². The van der Waals surface area contributed by atoms with Gasteiger partial charge in [-0.2, -0.15) is 5.10 Å². The second-order valence-corrected chi connectivity index (χ2v) is 6.84. The van der Waals surface area contributed by atoms with Crippen LogP contribution in [0.4, 0.5) is 5.88 Å². The Morgan fingerprint density at radius 3 is 2.58 bits per heavy atom. The van der Waals surface area contributed by atoms with Crippen molar-refractivity contribution >= 4 is 65.8 Å². The summed E-state index contributed by atoms with van der Waals surface area (Å²) in [5.41, 5.74) is 2.23. The molecule has 1 heterocycles. The van der Waals surface area contributed by atoms with Crippen molar-refractivity contribution in [1.82, 2.24) is 5.43 Å². The van der Waals surface area contributed by atoms with Crippen molar-refractivity contribution < 1.29 is 18.9 Å². The average molecular weight is 526 g/mol. The highest BCUT2D eigenvalue weighted by Gasteiger charge is 2.11. The molecule has 0 radical (unpaired) electrons. The number of nitrogens with one attached hydrogen (secondary N) is 1. The fourth-order valence-corrected chi connectivity index (χ4v) is 4.00. The van der Waals surface area contributed by atoms with Crippen LogP contribution in [-0.4, -0.2) is 23.7 Å². The average Bonchev–Trinajstić information content (AvgIpc) is 2.95. The fourth-order valence-electron chi connectivity index (χ4n) is 1.51. The Morgan fingerprint density at radius 1 is 1.33 bits per heavy atom. The molecule has 0 fully saturated rings. The summed E-state index contributed by atoms with van der Waals surface area (Å²) < 4.78 is 12.4. The highest BCUT2D eigenvalue weighted by molar-refractivity contribution is 9.11. The number of hydrogen-bond acceptors (Lipinski definition) is 6. The van der Waals surface area contributed by atoms with Gasteiger partial charge in [0.1, 0.15) is 10.7 Å². The number of nitro groups is 1. The van der Waals surface area contributed by atoms with E-state index >= 15 is 0 Å². The Bertz CT molecular complexity index is 783. The topological polar surface area (TPSA) is 107 Å². The van der Waals surface area contributed by atoms with Crippen LogP contribution in [0.3, 0.4) is 0 Å². The van der Waals surface area contributed by atoms with E-state index in [1.54, 1.807) is 12.1 Å². The first-order chi connectivity index (χ1) is 11.4. The number of furan rings is 1. The number of hydrogen-bond donors (Lipinski definition) is 1. The molecule has 2 rings (SSSR count). The van der Waals surface area contributed by atoms with Gasteiger partial charge < -0.3 is 9.15 Å². The molecule has 0 saturated heterocycles. The quantitative estimate of drug-likeness (QED) is 0.348. The minimum atomic E-state index is -0.669. The van der Waals surface area contributed by atoms with Crippen LogP contribution >= 0.6 is 47.8 Å². The number of ether oxygens (including phenoxy) is 1. The molecule has 126 valence electrons. The molecule has 0 spiro atoms. The third-order valence-electron chi connectivity index (χ3n) is 2.48. The minimum absolute atomic E-state index is 0.140. The van der Waals surface area contributed by atoms with E-state index in [0.717, 1.165) is 10.7 Å². The Labute approximate surface area is 160 Å². The van der Waals surface area contributed by atoms with Crippen LogP contribution in [0, 0.1) is 10.1 Å². The molecule has 0 aliphatic heterocycles. The molecule has 1 N–H and O–H groups in total. The van der Waals surface area contributed by atoms with E-state index in [4.69, 9.17) is 9.15 Å². The van der Waals surface area contributed by atoms with Gasteiger partial charge in [-0.3, -0.25) is 14.9 Å². The van der Waals surface area contributed by atoms with E-state index in [-0.39, 0.29) is 12.4 Å². The number of amides is 1. The van der Waals surface area contributed by atoms with Gasteiger partial charge in [0.05, 0.1) is 21.2 Å². The molecule has 0 atom stereocenters. The number of rotatable bonds is 6. The zero-order valence-corrected chi connectivity index (χ0v) is 16.4. The molecule has 2 aromatic rings. The Kier molecular flexibility index (Phi) is 6.52. The van der Waals surface area contributed by atoms with Crippen molar-refractivity contribution in [3.8, 4) is 5.75 Å². The molecule has 1 aromatic heterocycles. The van der Waals surface area contributed by atoms with Crippen molar-refractivity contribution in [3.63, 3.8) is 0 Å². The predicted octanol–water partition coefficient (Wildman–Crippen LogP) is 4.00. The second-order valence-electron chi connectivity index (χ2n) is 4.21. The minimum Gasteiger partial charge on any atom is -0.481 e. The van der Waals surface area contributed by atoms with Crippen LogP contribution < -0.4 is 10.2 Å². The van der Waals surface area contributed by atoms with Crippen molar-refractivity contribution in [2.45, 2.75) is 0 Å². The van der Waals surface area contributed by atoms with E-state index in [0.29, 0.717) is 14.7 Å². The van der Waals surface area contributed by atoms with Gasteiger partial charge in [0.2, 0.25) is 0 Å². The van der Waals surface area contributed by atoms with Gasteiger partial charge in [0.15, 0.2) is 12.4 Å². The largest absolute Gasteiger partial charge is 0.481 e. The molecule has 8 nitrogen and oxygen atoms in total. The summed E-state index contributed by atoms with van der Waals surface area (Å²) in [6.07, 6.45) is 1.15. The van der Waals surface area contributed by atoms with Crippen LogP contribution in [-0.2, 0) is 4.79 Å². The maximum absolute atomic E-state index is 11.7. The van der Waals surface area contributed by atoms with E-state index in [9.17, 15) is 14.9 Å². The maximum Gasteiger partial charge on any atom is 0.433 e. The van der Waals surface area contributed by atoms with E-state index < -0.39 is 16.7 Å². The lowest BCUT2D eigenvalue weighted by atomic mass is 10.3. The number of nitrogens with zero attached hydrogens (tertiary/aromatic N) is 2. The highest BCUT2D eigenvalue weighted by Crippen LogP contribution is 2.36. The normalized spacial score (nSPS) is 10.8. The number of carbonyl (C=O) groups excluding carboxylic acids is 1. The molecular formula is C13H8Br3N3O5. The first kappa shape index (κ1) is 18.6. The number of carbonyl (C=O) groups is 1. The predicted molar refractivity (Wildman–Crippen MR) is 96.1 cm³/mol. The van der Waals surface area contributed by atoms with Gasteiger partial charge in [0, 0.05) is 4.47 Å². The van der Waals surface area contributed by atoms with Crippen molar-refractivity contribution in [2.24, 2.45) is 5.10 Å². The summed E-state index contributed by atoms with van der Waals surface area (Å²) >= 11 is 9.99. The summed E-state index contributed by atoms with van der Waals surface area (Å²) in [4.78, 5) is 21.5. The van der Waals surface area contributed by atoms with E-state index in [1.807, 2.05) is 0 Å². The lowest BCUT2D eigenvalue weighted by Crippen LogP contribution is -2.24. The molecule has 0 saturated carbocycles. The van der Waals surface area contributed by atoms with Gasteiger partial charge >= 0.3 is 5.88 Å². The molecule has 11 heteroatoms. The summed E-state index contributed by atoms with van der Waals surface area (Å²) in [7, 11) is 0. The molecule has 0 unspecified atom stereocenters. The van der Waals surface area contributed by atoms with Crippen LogP contribution in [0.25, 0.3) is 0 Å². The zero-order chi connectivity index (χ0) is 17.7. The van der Waals surface area contributed by atoms with Crippen molar-refractivity contribution in [1.29, 1.82) is 0 Å². The Morgan fingerprint density at radius 2 is 2.00 bits per heavy atom. The van der Waals surface area contributed by atoms with Gasteiger partial charge in [-0.25, -0.2) is 5.43 Å². The van der Waals surface area contributed by atoms with Crippen molar-refractivity contribution in [3.05, 3.63) is 53.6 Å². The number of benzene rings is 1. The smallest absolute Gasteiger partial charge is 0.433 e. The summed E-state index contributed by atoms with van der Waals surface area (Å²) in [6.45, 7) is -0.269. The summed E-state index contributed by atoms with van der Waals surface area (Å²) in [5, 5.41) is 14.1. The van der Waals surface area contributed by atoms with E-state index in [1.165, 1.54) is 12.1 Å². The molecule has 0 aliphatic carbocycles. The monoisotopic (exact) mass is 523 g/mol. The van der Waals surface area contributed by atoms with Crippen molar-refractivity contribution in [2.75, 3.05) is 6.61 Å². The fraction of sp³-hybridized carbons (Fsp3) is 0.0769. The summed E-state index contributed by atoms with van der Waals surface area (Å²) in [6, 6.07) is 6.11. The number of halogens is 3. The van der Waals surface area contributed by atoms with E-state index in [2.05, 4.69) is 58.3 Å². The molecule has 24 heavy (non-hydrogen) atoms. The lowest BCUT2D eigenvalue weighted by molar-refractivity contribution is -0.402. The second kappa shape index (κ2) is 8.40. The molecule has 1 aromatic carbocycles. The Hall–Kier alpha value is -1.72. The molecule has 0 bridgehead atoms. The van der Waals surface area contributed by atoms with Crippen LogP contribution in [0.5, 0.6) is 5.75 Å². The van der Waals surface area contributed by atoms with Crippen LogP contribution in [0.2, 0.25) is 0 Å².